The van der Waals surface area contributed by atoms with E-state index in [0.29, 0.717) is 0 Å². The van der Waals surface area contributed by atoms with Crippen LogP contribution < -0.4 is 0 Å². The zero-order valence-corrected chi connectivity index (χ0v) is 12.6. The molecule has 19 heavy (non-hydrogen) atoms. The molecular weight excluding hydrogens is 234 g/mol. The van der Waals surface area contributed by atoms with Crippen molar-refractivity contribution < 1.29 is 0 Å². The van der Waals surface area contributed by atoms with E-state index in [1.54, 1.807) is 0 Å². The monoisotopic (exact) mass is 257 g/mol. The van der Waals surface area contributed by atoms with Gasteiger partial charge in [0.2, 0.25) is 0 Å². The van der Waals surface area contributed by atoms with Gasteiger partial charge in [0.25, 0.3) is 0 Å². The van der Waals surface area contributed by atoms with Gasteiger partial charge in [0, 0.05) is 31.2 Å². The number of rotatable bonds is 4. The fourth-order valence-corrected chi connectivity index (χ4v) is 2.64. The van der Waals surface area contributed by atoms with E-state index in [-0.39, 0.29) is 0 Å². The number of aromatic nitrogens is 3. The van der Waals surface area contributed by atoms with Crippen LogP contribution in [-0.4, -0.2) is 14.1 Å². The van der Waals surface area contributed by atoms with Crippen molar-refractivity contribution in [2.24, 2.45) is 7.05 Å². The highest BCUT2D eigenvalue weighted by Gasteiger charge is 2.15. The van der Waals surface area contributed by atoms with Crippen LogP contribution in [-0.2, 0) is 20.0 Å². The summed E-state index contributed by atoms with van der Waals surface area (Å²) in [7, 11) is 2.11. The molecule has 0 spiro atoms. The van der Waals surface area contributed by atoms with Crippen molar-refractivity contribution in [1.29, 1.82) is 0 Å². The third-order valence-electron chi connectivity index (χ3n) is 3.65. The number of hydrogen-bond donors (Lipinski definition) is 0. The van der Waals surface area contributed by atoms with Gasteiger partial charge in [-0.05, 0) is 44.9 Å². The number of nitrogens with zero attached hydrogens (tertiary/aromatic N) is 3. The predicted octanol–water partition coefficient (Wildman–Crippen LogP) is 3.81. The van der Waals surface area contributed by atoms with Gasteiger partial charge in [-0.25, -0.2) is 4.98 Å². The van der Waals surface area contributed by atoms with Gasteiger partial charge in [-0.2, -0.15) is 0 Å². The van der Waals surface area contributed by atoms with Crippen LogP contribution in [0.3, 0.4) is 0 Å². The highest BCUT2D eigenvalue weighted by molar-refractivity contribution is 5.62. The molecule has 0 radical (unpaired) electrons. The average Bonchev–Trinajstić information content (AvgIpc) is 2.93. The van der Waals surface area contributed by atoms with Gasteiger partial charge >= 0.3 is 0 Å². The molecule has 0 aliphatic heterocycles. The molecule has 0 aromatic carbocycles. The Bertz CT molecular complexity index is 600. The zero-order valence-electron chi connectivity index (χ0n) is 12.6. The smallest absolute Gasteiger partial charge is 0.156 e. The molecule has 0 fully saturated rings. The van der Waals surface area contributed by atoms with Crippen LogP contribution >= 0.6 is 0 Å². The second-order valence-corrected chi connectivity index (χ2v) is 4.83. The maximum atomic E-state index is 4.62. The predicted molar refractivity (Wildman–Crippen MR) is 81.1 cm³/mol. The Labute approximate surface area is 115 Å². The Kier molecular flexibility index (Phi) is 3.93. The molecule has 2 aromatic heterocycles. The van der Waals surface area contributed by atoms with Gasteiger partial charge in [-0.1, -0.05) is 13.0 Å². The molecule has 0 bridgehead atoms. The first kappa shape index (κ1) is 13.7. The van der Waals surface area contributed by atoms with E-state index >= 15 is 0 Å². The topological polar surface area (TPSA) is 22.8 Å². The summed E-state index contributed by atoms with van der Waals surface area (Å²) in [6.07, 6.45) is 7.25. The standard InChI is InChI=1S/C16H23N3/c1-6-9-14-12(4)10-15(18(14)5)16-17-11-13(7-2)19(16)8-3/h6,9-11H,7-8H2,1-5H3/b9-6-. The third-order valence-corrected chi connectivity index (χ3v) is 3.65. The fraction of sp³-hybridized carbons (Fsp3) is 0.438. The van der Waals surface area contributed by atoms with Crippen molar-refractivity contribution in [1.82, 2.24) is 14.1 Å². The van der Waals surface area contributed by atoms with Crippen molar-refractivity contribution in [3.63, 3.8) is 0 Å². The van der Waals surface area contributed by atoms with Crippen molar-refractivity contribution in [3.8, 4) is 11.5 Å². The van der Waals surface area contributed by atoms with E-state index in [2.05, 4.69) is 60.2 Å². The van der Waals surface area contributed by atoms with Crippen LogP contribution in [0.5, 0.6) is 0 Å². The zero-order chi connectivity index (χ0) is 14.0. The highest BCUT2D eigenvalue weighted by Crippen LogP contribution is 2.26. The second-order valence-electron chi connectivity index (χ2n) is 4.83. The molecule has 0 unspecified atom stereocenters. The number of hydrogen-bond acceptors (Lipinski definition) is 1. The molecule has 0 N–H and O–H groups in total. The minimum Gasteiger partial charge on any atom is -0.341 e. The average molecular weight is 257 g/mol. The van der Waals surface area contributed by atoms with Crippen molar-refractivity contribution in [2.75, 3.05) is 0 Å². The molecule has 0 atom stereocenters. The number of allylic oxidation sites excluding steroid dienone is 1. The summed E-state index contributed by atoms with van der Waals surface area (Å²) in [5.41, 5.74) is 5.02. The molecule has 0 saturated carbocycles. The fourth-order valence-electron chi connectivity index (χ4n) is 2.64. The van der Waals surface area contributed by atoms with Crippen LogP contribution in [0.1, 0.15) is 37.7 Å². The molecule has 2 aromatic rings. The molecule has 0 amide bonds. The lowest BCUT2D eigenvalue weighted by Crippen LogP contribution is -2.04. The lowest BCUT2D eigenvalue weighted by atomic mass is 10.2. The summed E-state index contributed by atoms with van der Waals surface area (Å²) in [4.78, 5) is 4.62. The van der Waals surface area contributed by atoms with Gasteiger partial charge in [0.15, 0.2) is 5.82 Å². The van der Waals surface area contributed by atoms with E-state index in [1.807, 2.05) is 13.1 Å². The van der Waals surface area contributed by atoms with Crippen molar-refractivity contribution in [3.05, 3.63) is 35.3 Å². The molecule has 0 saturated heterocycles. The largest absolute Gasteiger partial charge is 0.341 e. The molecule has 0 aliphatic carbocycles. The second kappa shape index (κ2) is 5.47. The maximum Gasteiger partial charge on any atom is 0.156 e. The minimum absolute atomic E-state index is 0.960. The van der Waals surface area contributed by atoms with E-state index in [1.165, 1.54) is 22.6 Å². The molecule has 2 rings (SSSR count). The van der Waals surface area contributed by atoms with Crippen LogP contribution in [0.25, 0.3) is 17.6 Å². The summed E-state index contributed by atoms with van der Waals surface area (Å²) in [6, 6.07) is 2.23. The molecule has 0 aliphatic rings. The van der Waals surface area contributed by atoms with Crippen LogP contribution in [0.2, 0.25) is 0 Å². The van der Waals surface area contributed by atoms with E-state index in [9.17, 15) is 0 Å². The number of aryl methyl sites for hydroxylation is 2. The van der Waals surface area contributed by atoms with Gasteiger partial charge in [-0.3, -0.25) is 0 Å². The lowest BCUT2D eigenvalue weighted by molar-refractivity contribution is 0.718. The SMILES string of the molecule is C/C=C\c1c(C)cc(-c2ncc(CC)n2CC)n1C. The first-order valence-corrected chi connectivity index (χ1v) is 6.97. The Morgan fingerprint density at radius 3 is 2.63 bits per heavy atom. The van der Waals surface area contributed by atoms with Gasteiger partial charge in [0.1, 0.15) is 0 Å². The summed E-state index contributed by atoms with van der Waals surface area (Å²) < 4.78 is 4.53. The first-order chi connectivity index (χ1) is 9.13. The minimum atomic E-state index is 0.960. The van der Waals surface area contributed by atoms with Crippen molar-refractivity contribution >= 4 is 6.08 Å². The number of imidazole rings is 1. The van der Waals surface area contributed by atoms with Crippen LogP contribution in [0.4, 0.5) is 0 Å². The van der Waals surface area contributed by atoms with Crippen molar-refractivity contribution in [2.45, 2.75) is 40.7 Å². The summed E-state index contributed by atoms with van der Waals surface area (Å²) in [5, 5.41) is 0. The van der Waals surface area contributed by atoms with Crippen LogP contribution in [0.15, 0.2) is 18.3 Å². The first-order valence-electron chi connectivity index (χ1n) is 6.97. The summed E-state index contributed by atoms with van der Waals surface area (Å²) in [6.45, 7) is 9.51. The molecule has 3 nitrogen and oxygen atoms in total. The lowest BCUT2D eigenvalue weighted by Gasteiger charge is -2.10. The van der Waals surface area contributed by atoms with Gasteiger partial charge in [0.05, 0.1) is 5.69 Å². The van der Waals surface area contributed by atoms with Gasteiger partial charge in [-0.15, -0.1) is 0 Å². The normalized spacial score (nSPS) is 11.6. The maximum absolute atomic E-state index is 4.62. The quantitative estimate of drug-likeness (QED) is 0.816. The van der Waals surface area contributed by atoms with Gasteiger partial charge < -0.3 is 9.13 Å². The Morgan fingerprint density at radius 2 is 2.05 bits per heavy atom. The van der Waals surface area contributed by atoms with Crippen LogP contribution in [0, 0.1) is 6.92 Å². The third kappa shape index (κ3) is 2.25. The Balaban J connectivity index is 2.60. The Hall–Kier alpha value is -1.77. The molecular formula is C16H23N3. The Morgan fingerprint density at radius 1 is 1.32 bits per heavy atom. The molecule has 2 heterocycles. The molecule has 102 valence electrons. The van der Waals surface area contributed by atoms with E-state index in [4.69, 9.17) is 0 Å². The molecule has 3 heteroatoms. The van der Waals surface area contributed by atoms with E-state index < -0.39 is 0 Å². The summed E-state index contributed by atoms with van der Waals surface area (Å²) >= 11 is 0. The van der Waals surface area contributed by atoms with E-state index in [0.717, 1.165) is 18.8 Å². The summed E-state index contributed by atoms with van der Waals surface area (Å²) in [5.74, 6) is 1.07. The highest BCUT2D eigenvalue weighted by atomic mass is 15.1.